The second kappa shape index (κ2) is 6.32. The van der Waals surface area contributed by atoms with E-state index in [9.17, 15) is 8.42 Å². The van der Waals surface area contributed by atoms with E-state index < -0.39 is 10.0 Å². The van der Waals surface area contributed by atoms with E-state index >= 15 is 0 Å². The fourth-order valence-corrected chi connectivity index (χ4v) is 4.59. The van der Waals surface area contributed by atoms with Crippen molar-refractivity contribution in [2.75, 3.05) is 26.8 Å². The van der Waals surface area contributed by atoms with Gasteiger partial charge >= 0.3 is 0 Å². The van der Waals surface area contributed by atoms with Crippen molar-refractivity contribution in [2.24, 2.45) is 11.7 Å². The van der Waals surface area contributed by atoms with E-state index in [1.54, 1.807) is 18.5 Å². The molecule has 1 aromatic rings. The Balaban J connectivity index is 2.05. The molecule has 1 unspecified atom stereocenters. The predicted octanol–water partition coefficient (Wildman–Crippen LogP) is 1.25. The SMILES string of the molecule is CN(CC1CCCOC1)S(=O)(=O)c1csc(CN)c1. The molecule has 19 heavy (non-hydrogen) atoms. The van der Waals surface area contributed by atoms with Gasteiger partial charge in [0.15, 0.2) is 0 Å². The number of rotatable bonds is 5. The predicted molar refractivity (Wildman–Crippen MR) is 75.6 cm³/mol. The van der Waals surface area contributed by atoms with Gasteiger partial charge in [-0.15, -0.1) is 11.3 Å². The minimum absolute atomic E-state index is 0.293. The molecule has 2 rings (SSSR count). The van der Waals surface area contributed by atoms with E-state index in [-0.39, 0.29) is 0 Å². The van der Waals surface area contributed by atoms with Crippen LogP contribution in [0.2, 0.25) is 0 Å². The van der Waals surface area contributed by atoms with Crippen LogP contribution in [0.1, 0.15) is 17.7 Å². The molecule has 0 spiro atoms. The summed E-state index contributed by atoms with van der Waals surface area (Å²) in [5.74, 6) is 0.293. The number of hydrogen-bond donors (Lipinski definition) is 1. The van der Waals surface area contributed by atoms with Crippen molar-refractivity contribution in [1.29, 1.82) is 0 Å². The Bertz CT molecular complexity index is 507. The van der Waals surface area contributed by atoms with Crippen molar-refractivity contribution in [2.45, 2.75) is 24.3 Å². The van der Waals surface area contributed by atoms with Gasteiger partial charge in [0.2, 0.25) is 10.0 Å². The lowest BCUT2D eigenvalue weighted by Gasteiger charge is -2.26. The molecule has 0 radical (unpaired) electrons. The Morgan fingerprint density at radius 1 is 1.58 bits per heavy atom. The number of ether oxygens (including phenoxy) is 1. The van der Waals surface area contributed by atoms with Crippen molar-refractivity contribution in [3.8, 4) is 0 Å². The van der Waals surface area contributed by atoms with Crippen LogP contribution in [-0.4, -0.2) is 39.5 Å². The third-order valence-electron chi connectivity index (χ3n) is 3.31. The normalized spacial score (nSPS) is 20.9. The number of nitrogens with two attached hydrogens (primary N) is 1. The number of thiophene rings is 1. The van der Waals surface area contributed by atoms with Crippen LogP contribution in [0.5, 0.6) is 0 Å². The van der Waals surface area contributed by atoms with Gasteiger partial charge in [-0.05, 0) is 24.8 Å². The molecule has 1 aromatic heterocycles. The summed E-state index contributed by atoms with van der Waals surface area (Å²) in [4.78, 5) is 1.23. The first kappa shape index (κ1) is 14.9. The molecule has 0 amide bonds. The number of nitrogens with zero attached hydrogens (tertiary/aromatic N) is 1. The summed E-state index contributed by atoms with van der Waals surface area (Å²) in [6, 6.07) is 1.66. The number of hydrogen-bond acceptors (Lipinski definition) is 5. The fourth-order valence-electron chi connectivity index (χ4n) is 2.20. The quantitative estimate of drug-likeness (QED) is 0.888. The molecule has 0 bridgehead atoms. The van der Waals surface area contributed by atoms with Crippen LogP contribution in [0.15, 0.2) is 16.3 Å². The Kier molecular flexibility index (Phi) is 4.97. The molecular weight excluding hydrogens is 284 g/mol. The maximum absolute atomic E-state index is 12.4. The molecule has 2 N–H and O–H groups in total. The molecule has 108 valence electrons. The number of sulfonamides is 1. The van der Waals surface area contributed by atoms with Crippen molar-refractivity contribution in [1.82, 2.24) is 4.31 Å². The summed E-state index contributed by atoms with van der Waals surface area (Å²) in [7, 11) is -1.77. The third-order valence-corrected chi connectivity index (χ3v) is 6.22. The third kappa shape index (κ3) is 3.55. The Morgan fingerprint density at radius 3 is 2.95 bits per heavy atom. The summed E-state index contributed by atoms with van der Waals surface area (Å²) in [5.41, 5.74) is 5.52. The average molecular weight is 304 g/mol. The van der Waals surface area contributed by atoms with Gasteiger partial charge in [-0.2, -0.15) is 0 Å². The minimum Gasteiger partial charge on any atom is -0.381 e. The highest BCUT2D eigenvalue weighted by molar-refractivity contribution is 7.89. The lowest BCUT2D eigenvalue weighted by atomic mass is 10.0. The fraction of sp³-hybridized carbons (Fsp3) is 0.667. The highest BCUT2D eigenvalue weighted by Gasteiger charge is 2.25. The molecular formula is C12H20N2O3S2. The zero-order valence-electron chi connectivity index (χ0n) is 11.0. The topological polar surface area (TPSA) is 72.6 Å². The second-order valence-electron chi connectivity index (χ2n) is 4.82. The maximum Gasteiger partial charge on any atom is 0.243 e. The average Bonchev–Trinajstić information content (AvgIpc) is 2.89. The lowest BCUT2D eigenvalue weighted by molar-refractivity contribution is 0.0495. The molecule has 1 saturated heterocycles. The van der Waals surface area contributed by atoms with Crippen molar-refractivity contribution in [3.63, 3.8) is 0 Å². The summed E-state index contributed by atoms with van der Waals surface area (Å²) >= 11 is 1.38. The lowest BCUT2D eigenvalue weighted by Crippen LogP contribution is -2.34. The molecule has 7 heteroatoms. The van der Waals surface area contributed by atoms with Crippen LogP contribution in [0.3, 0.4) is 0 Å². The van der Waals surface area contributed by atoms with Gasteiger partial charge in [0.05, 0.1) is 11.5 Å². The standard InChI is InChI=1S/C12H20N2O3S2/c1-14(7-10-3-2-4-17-8-10)19(15,16)12-5-11(6-13)18-9-12/h5,9-10H,2-4,6-8,13H2,1H3. The van der Waals surface area contributed by atoms with E-state index in [2.05, 4.69) is 0 Å². The van der Waals surface area contributed by atoms with Crippen LogP contribution in [0.4, 0.5) is 0 Å². The van der Waals surface area contributed by atoms with Crippen LogP contribution < -0.4 is 5.73 Å². The van der Waals surface area contributed by atoms with Crippen molar-refractivity contribution in [3.05, 3.63) is 16.3 Å². The summed E-state index contributed by atoms with van der Waals surface area (Å²) in [6.07, 6.45) is 2.03. The second-order valence-corrected chi connectivity index (χ2v) is 7.86. The minimum atomic E-state index is -3.39. The molecule has 1 aliphatic rings. The van der Waals surface area contributed by atoms with Gasteiger partial charge in [-0.3, -0.25) is 0 Å². The van der Waals surface area contributed by atoms with Gasteiger partial charge in [-0.25, -0.2) is 12.7 Å². The zero-order valence-corrected chi connectivity index (χ0v) is 12.7. The molecule has 0 aliphatic carbocycles. The van der Waals surface area contributed by atoms with Gasteiger partial charge < -0.3 is 10.5 Å². The summed E-state index contributed by atoms with van der Waals surface area (Å²) in [6.45, 7) is 2.32. The van der Waals surface area contributed by atoms with Gasteiger partial charge in [-0.1, -0.05) is 0 Å². The Labute approximate surface area is 118 Å². The monoisotopic (exact) mass is 304 g/mol. The molecule has 2 heterocycles. The van der Waals surface area contributed by atoms with E-state index in [1.807, 2.05) is 0 Å². The Hall–Kier alpha value is -0.470. The molecule has 0 saturated carbocycles. The largest absolute Gasteiger partial charge is 0.381 e. The first-order valence-electron chi connectivity index (χ1n) is 6.35. The molecule has 5 nitrogen and oxygen atoms in total. The van der Waals surface area contributed by atoms with Crippen molar-refractivity contribution >= 4 is 21.4 Å². The first-order valence-corrected chi connectivity index (χ1v) is 8.67. The van der Waals surface area contributed by atoms with E-state index in [4.69, 9.17) is 10.5 Å². The zero-order chi connectivity index (χ0) is 13.9. The van der Waals surface area contributed by atoms with Gasteiger partial charge in [0, 0.05) is 37.0 Å². The summed E-state index contributed by atoms with van der Waals surface area (Å²) < 4.78 is 31.6. The van der Waals surface area contributed by atoms with Gasteiger partial charge in [0.25, 0.3) is 0 Å². The molecule has 1 atom stereocenters. The highest BCUT2D eigenvalue weighted by atomic mass is 32.2. The molecule has 0 aromatic carbocycles. The maximum atomic E-state index is 12.4. The van der Waals surface area contributed by atoms with Gasteiger partial charge in [0.1, 0.15) is 0 Å². The first-order chi connectivity index (χ1) is 9.04. The smallest absolute Gasteiger partial charge is 0.243 e. The molecule has 1 fully saturated rings. The highest BCUT2D eigenvalue weighted by Crippen LogP contribution is 2.23. The van der Waals surface area contributed by atoms with E-state index in [0.717, 1.165) is 24.3 Å². The van der Waals surface area contributed by atoms with Crippen molar-refractivity contribution < 1.29 is 13.2 Å². The molecule has 1 aliphatic heterocycles. The van der Waals surface area contributed by atoms with Crippen LogP contribution in [-0.2, 0) is 21.3 Å². The Morgan fingerprint density at radius 2 is 2.37 bits per heavy atom. The van der Waals surface area contributed by atoms with Crippen LogP contribution >= 0.6 is 11.3 Å². The van der Waals surface area contributed by atoms with Crippen LogP contribution in [0.25, 0.3) is 0 Å². The van der Waals surface area contributed by atoms with Crippen LogP contribution in [0, 0.1) is 5.92 Å². The van der Waals surface area contributed by atoms with E-state index in [1.165, 1.54) is 15.6 Å². The summed E-state index contributed by atoms with van der Waals surface area (Å²) in [5, 5.41) is 1.66. The van der Waals surface area contributed by atoms with E-state index in [0.29, 0.717) is 30.5 Å².